The van der Waals surface area contributed by atoms with Crippen LogP contribution in [0.3, 0.4) is 0 Å². The highest BCUT2D eigenvalue weighted by Gasteiger charge is 2.18. The summed E-state index contributed by atoms with van der Waals surface area (Å²) in [7, 11) is 0. The van der Waals surface area contributed by atoms with Gasteiger partial charge in [0.15, 0.2) is 0 Å². The van der Waals surface area contributed by atoms with Gasteiger partial charge < -0.3 is 5.11 Å². The van der Waals surface area contributed by atoms with Gasteiger partial charge in [0, 0.05) is 5.56 Å². The van der Waals surface area contributed by atoms with Crippen molar-refractivity contribution in [2.24, 2.45) is 0 Å². The summed E-state index contributed by atoms with van der Waals surface area (Å²) in [5.74, 6) is -3.24. The van der Waals surface area contributed by atoms with Gasteiger partial charge >= 0.3 is 5.97 Å². The van der Waals surface area contributed by atoms with Crippen molar-refractivity contribution in [3.8, 4) is 0 Å². The first kappa shape index (κ1) is 10.7. The molecule has 0 saturated heterocycles. The van der Waals surface area contributed by atoms with Crippen molar-refractivity contribution in [1.29, 1.82) is 0 Å². The zero-order valence-corrected chi connectivity index (χ0v) is 7.61. The molecule has 1 aromatic rings. The van der Waals surface area contributed by atoms with E-state index < -0.39 is 33.8 Å². The van der Waals surface area contributed by atoms with Gasteiger partial charge in [-0.3, -0.25) is 0 Å². The van der Waals surface area contributed by atoms with Crippen molar-refractivity contribution in [3.63, 3.8) is 0 Å². The van der Waals surface area contributed by atoms with Crippen molar-refractivity contribution < 1.29 is 18.7 Å². The Hall–Kier alpha value is -1.42. The molecule has 14 heavy (non-hydrogen) atoms. The summed E-state index contributed by atoms with van der Waals surface area (Å²) in [4.78, 5) is 10.5. The molecular weight excluding hydrogens is 214 g/mol. The zero-order valence-electron chi connectivity index (χ0n) is 6.85. The van der Waals surface area contributed by atoms with Crippen LogP contribution in [0.1, 0.15) is 5.56 Å². The lowest BCUT2D eigenvalue weighted by Gasteiger charge is -2.05. The fraction of sp³-hybridized carbons (Fsp3) is 0. The average molecular weight is 219 g/mol. The molecule has 0 saturated carbocycles. The highest BCUT2D eigenvalue weighted by molar-refractivity contribution is 6.34. The van der Waals surface area contributed by atoms with Crippen molar-refractivity contribution in [1.82, 2.24) is 0 Å². The molecule has 0 amide bonds. The van der Waals surface area contributed by atoms with E-state index in [-0.39, 0.29) is 0 Å². The fourth-order valence-corrected chi connectivity index (χ4v) is 1.18. The van der Waals surface area contributed by atoms with Crippen molar-refractivity contribution in [2.75, 3.05) is 0 Å². The van der Waals surface area contributed by atoms with Crippen LogP contribution in [0.25, 0.3) is 5.57 Å². The third-order valence-electron chi connectivity index (χ3n) is 1.60. The molecule has 1 N–H and O–H groups in total. The monoisotopic (exact) mass is 218 g/mol. The smallest absolute Gasteiger partial charge is 0.335 e. The Morgan fingerprint density at radius 2 is 1.86 bits per heavy atom. The van der Waals surface area contributed by atoms with Crippen LogP contribution in [0.4, 0.5) is 8.78 Å². The molecule has 0 aromatic heterocycles. The molecular formula is C9H5ClF2O2. The predicted molar refractivity (Wildman–Crippen MR) is 48.0 cm³/mol. The number of benzene rings is 1. The second-order valence-electron chi connectivity index (χ2n) is 2.50. The molecule has 0 aliphatic heterocycles. The molecule has 74 valence electrons. The molecule has 0 heterocycles. The Bertz CT molecular complexity index is 416. The minimum absolute atomic E-state index is 0.515. The Kier molecular flexibility index (Phi) is 2.86. The summed E-state index contributed by atoms with van der Waals surface area (Å²) < 4.78 is 25.9. The summed E-state index contributed by atoms with van der Waals surface area (Å²) in [6.07, 6.45) is 0. The van der Waals surface area contributed by atoms with Gasteiger partial charge in [-0.1, -0.05) is 18.2 Å². The lowest BCUT2D eigenvalue weighted by atomic mass is 10.1. The van der Waals surface area contributed by atoms with E-state index in [1.54, 1.807) is 0 Å². The Morgan fingerprint density at radius 1 is 1.36 bits per heavy atom. The van der Waals surface area contributed by atoms with Crippen LogP contribution in [-0.4, -0.2) is 11.1 Å². The van der Waals surface area contributed by atoms with E-state index in [0.717, 1.165) is 12.1 Å². The third kappa shape index (κ3) is 1.75. The van der Waals surface area contributed by atoms with Crippen LogP contribution in [-0.2, 0) is 4.79 Å². The van der Waals surface area contributed by atoms with E-state index in [2.05, 4.69) is 6.58 Å². The number of halogens is 3. The molecule has 1 rings (SSSR count). The summed E-state index contributed by atoms with van der Waals surface area (Å²) in [6.45, 7) is 3.10. The van der Waals surface area contributed by atoms with Gasteiger partial charge in [-0.25, -0.2) is 13.6 Å². The van der Waals surface area contributed by atoms with Crippen LogP contribution < -0.4 is 0 Å². The maximum absolute atomic E-state index is 13.1. The molecule has 5 heteroatoms. The molecule has 0 atom stereocenters. The molecule has 0 spiro atoms. The third-order valence-corrected chi connectivity index (χ3v) is 1.97. The van der Waals surface area contributed by atoms with Crippen molar-refractivity contribution in [3.05, 3.63) is 40.9 Å². The number of aliphatic carboxylic acids is 1. The minimum atomic E-state index is -1.45. The van der Waals surface area contributed by atoms with Crippen LogP contribution in [0.5, 0.6) is 0 Å². The molecule has 1 aromatic carbocycles. The summed E-state index contributed by atoms with van der Waals surface area (Å²) in [5, 5.41) is 7.96. The summed E-state index contributed by atoms with van der Waals surface area (Å²) >= 11 is 5.40. The number of carboxylic acid groups (broad SMARTS) is 1. The first-order valence-electron chi connectivity index (χ1n) is 3.51. The van der Waals surface area contributed by atoms with Gasteiger partial charge in [-0.05, 0) is 12.1 Å². The number of hydrogen-bond donors (Lipinski definition) is 1. The number of hydrogen-bond acceptors (Lipinski definition) is 1. The number of carboxylic acids is 1. The molecule has 0 fully saturated rings. The summed E-state index contributed by atoms with van der Waals surface area (Å²) in [5.41, 5.74) is -1.09. The van der Waals surface area contributed by atoms with E-state index in [1.807, 2.05) is 0 Å². The van der Waals surface area contributed by atoms with Crippen LogP contribution in [0, 0.1) is 11.6 Å². The maximum atomic E-state index is 13.1. The van der Waals surface area contributed by atoms with Gasteiger partial charge in [0.25, 0.3) is 0 Å². The van der Waals surface area contributed by atoms with Gasteiger partial charge in [0.2, 0.25) is 0 Å². The predicted octanol–water partition coefficient (Wildman–Crippen LogP) is 2.72. The Labute approximate surface area is 83.4 Å². The molecule has 2 nitrogen and oxygen atoms in total. The largest absolute Gasteiger partial charge is 0.478 e. The molecule has 0 unspecified atom stereocenters. The average Bonchev–Trinajstić information content (AvgIpc) is 2.12. The highest BCUT2D eigenvalue weighted by Crippen LogP contribution is 2.28. The number of rotatable bonds is 2. The van der Waals surface area contributed by atoms with Gasteiger partial charge in [-0.15, -0.1) is 0 Å². The maximum Gasteiger partial charge on any atom is 0.335 e. The van der Waals surface area contributed by atoms with Crippen molar-refractivity contribution >= 4 is 23.1 Å². The van der Waals surface area contributed by atoms with Crippen molar-refractivity contribution in [2.45, 2.75) is 0 Å². The molecule has 0 radical (unpaired) electrons. The van der Waals surface area contributed by atoms with E-state index in [9.17, 15) is 13.6 Å². The summed E-state index contributed by atoms with van der Waals surface area (Å²) in [6, 6.07) is 1.61. The lowest BCUT2D eigenvalue weighted by molar-refractivity contribution is -0.130. The zero-order chi connectivity index (χ0) is 10.9. The quantitative estimate of drug-likeness (QED) is 0.612. The SMILES string of the molecule is C=C(C(=O)O)c1c(F)ccc(F)c1Cl. The first-order chi connectivity index (χ1) is 6.45. The molecule has 0 bridgehead atoms. The second kappa shape index (κ2) is 3.75. The van der Waals surface area contributed by atoms with Crippen LogP contribution in [0.2, 0.25) is 5.02 Å². The first-order valence-corrected chi connectivity index (χ1v) is 3.89. The molecule has 0 aliphatic carbocycles. The van der Waals surface area contributed by atoms with Crippen LogP contribution >= 0.6 is 11.6 Å². The van der Waals surface area contributed by atoms with E-state index in [4.69, 9.17) is 16.7 Å². The van der Waals surface area contributed by atoms with Crippen LogP contribution in [0.15, 0.2) is 18.7 Å². The Morgan fingerprint density at radius 3 is 2.36 bits per heavy atom. The second-order valence-corrected chi connectivity index (χ2v) is 2.88. The topological polar surface area (TPSA) is 37.3 Å². The van der Waals surface area contributed by atoms with Gasteiger partial charge in [0.05, 0.1) is 10.6 Å². The van der Waals surface area contributed by atoms with E-state index in [0.29, 0.717) is 0 Å². The molecule has 0 aliphatic rings. The normalized spacial score (nSPS) is 9.93. The van der Waals surface area contributed by atoms with E-state index in [1.165, 1.54) is 0 Å². The minimum Gasteiger partial charge on any atom is -0.478 e. The van der Waals surface area contributed by atoms with Gasteiger partial charge in [-0.2, -0.15) is 0 Å². The fourth-order valence-electron chi connectivity index (χ4n) is 0.911. The number of carbonyl (C=O) groups is 1. The Balaban J connectivity index is 3.40. The van der Waals surface area contributed by atoms with Gasteiger partial charge in [0.1, 0.15) is 11.6 Å². The standard InChI is InChI=1S/C9H5ClF2O2/c1-4(9(13)14)7-5(11)2-3-6(12)8(7)10/h2-3H,1H2,(H,13,14). The highest BCUT2D eigenvalue weighted by atomic mass is 35.5. The van der Waals surface area contributed by atoms with E-state index >= 15 is 0 Å². The lowest BCUT2D eigenvalue weighted by Crippen LogP contribution is -2.02.